The first kappa shape index (κ1) is 23.2. The number of nitrogens with zero attached hydrogens (tertiary/aromatic N) is 4. The van der Waals surface area contributed by atoms with E-state index >= 15 is 0 Å². The summed E-state index contributed by atoms with van der Waals surface area (Å²) in [6.45, 7) is 15.3. The monoisotopic (exact) mass is 517 g/mol. The number of halogens is 1. The standard InChI is InChI=1S/C23H32BrN5O2Si/c1-23(2,3)32(4,5)31-16-17-14-18(6-7-19(17)28-10-12-30-13-11-28)27-21-22-25-8-9-29(22)20(24)15-26-21/h6-9,14-15H,10-13,16H2,1-5H3,(H,26,27). The molecule has 1 N–H and O–H groups in total. The predicted molar refractivity (Wildman–Crippen MR) is 135 cm³/mol. The fraction of sp³-hybridized carbons (Fsp3) is 0.478. The molecule has 0 radical (unpaired) electrons. The first-order valence-corrected chi connectivity index (χ1v) is 14.7. The molecule has 4 rings (SSSR count). The SMILES string of the molecule is CC(C)(C)[Si](C)(C)OCc1cc(Nc2ncc(Br)n3ccnc23)ccc1N1CCOCC1. The second-order valence-corrected chi connectivity index (χ2v) is 15.3. The maximum absolute atomic E-state index is 6.61. The Morgan fingerprint density at radius 1 is 1.19 bits per heavy atom. The van der Waals surface area contributed by atoms with Crippen molar-refractivity contribution >= 4 is 47.1 Å². The number of hydrogen-bond acceptors (Lipinski definition) is 6. The summed E-state index contributed by atoms with van der Waals surface area (Å²) in [6.07, 6.45) is 5.46. The molecule has 0 bridgehead atoms. The zero-order valence-corrected chi connectivity index (χ0v) is 22.1. The van der Waals surface area contributed by atoms with Crippen molar-refractivity contribution in [3.8, 4) is 0 Å². The second kappa shape index (κ2) is 9.13. The van der Waals surface area contributed by atoms with Crippen molar-refractivity contribution < 1.29 is 9.16 Å². The Bertz CT molecular complexity index is 1090. The first-order valence-electron chi connectivity index (χ1n) is 11.0. The normalized spacial score (nSPS) is 15.4. The summed E-state index contributed by atoms with van der Waals surface area (Å²) in [5.41, 5.74) is 4.14. The van der Waals surface area contributed by atoms with Crippen LogP contribution in [0.25, 0.3) is 5.65 Å². The fourth-order valence-corrected chi connectivity index (χ4v) is 4.82. The van der Waals surface area contributed by atoms with Crippen molar-refractivity contribution in [2.75, 3.05) is 36.5 Å². The highest BCUT2D eigenvalue weighted by atomic mass is 79.9. The Labute approximate surface area is 199 Å². The number of nitrogens with one attached hydrogen (secondary N) is 1. The summed E-state index contributed by atoms with van der Waals surface area (Å²) in [5.74, 6) is 0.716. The number of morpholine rings is 1. The maximum Gasteiger partial charge on any atom is 0.192 e. The van der Waals surface area contributed by atoms with Crippen molar-refractivity contribution in [2.45, 2.75) is 45.5 Å². The van der Waals surface area contributed by atoms with Crippen LogP contribution in [-0.2, 0) is 15.8 Å². The van der Waals surface area contributed by atoms with E-state index in [0.29, 0.717) is 12.4 Å². The zero-order valence-electron chi connectivity index (χ0n) is 19.5. The Hall–Kier alpha value is -1.94. The second-order valence-electron chi connectivity index (χ2n) is 9.67. The molecule has 172 valence electrons. The lowest BCUT2D eigenvalue weighted by molar-refractivity contribution is 0.122. The number of imidazole rings is 1. The Morgan fingerprint density at radius 2 is 1.94 bits per heavy atom. The minimum absolute atomic E-state index is 0.162. The summed E-state index contributed by atoms with van der Waals surface area (Å²) >= 11 is 3.52. The molecule has 0 aliphatic carbocycles. The molecule has 1 fully saturated rings. The van der Waals surface area contributed by atoms with E-state index < -0.39 is 8.32 Å². The van der Waals surface area contributed by atoms with Crippen LogP contribution in [0.15, 0.2) is 41.4 Å². The van der Waals surface area contributed by atoms with E-state index in [9.17, 15) is 0 Å². The number of hydrogen-bond donors (Lipinski definition) is 1. The highest BCUT2D eigenvalue weighted by Crippen LogP contribution is 2.38. The topological polar surface area (TPSA) is 63.9 Å². The molecule has 0 saturated carbocycles. The fourth-order valence-electron chi connectivity index (χ4n) is 3.48. The molecule has 3 aromatic rings. The summed E-state index contributed by atoms with van der Waals surface area (Å²) < 4.78 is 15.0. The van der Waals surface area contributed by atoms with E-state index in [1.54, 1.807) is 12.4 Å². The maximum atomic E-state index is 6.61. The molecule has 1 aromatic carbocycles. The van der Waals surface area contributed by atoms with Gasteiger partial charge in [0.2, 0.25) is 0 Å². The van der Waals surface area contributed by atoms with Crippen LogP contribution in [0.4, 0.5) is 17.2 Å². The third-order valence-electron chi connectivity index (χ3n) is 6.47. The van der Waals surface area contributed by atoms with Gasteiger partial charge in [0, 0.05) is 42.4 Å². The van der Waals surface area contributed by atoms with Gasteiger partial charge in [-0.2, -0.15) is 0 Å². The van der Waals surface area contributed by atoms with Crippen LogP contribution in [0.2, 0.25) is 18.1 Å². The molecule has 7 nitrogen and oxygen atoms in total. The summed E-state index contributed by atoms with van der Waals surface area (Å²) in [4.78, 5) is 11.4. The number of fused-ring (bicyclic) bond motifs is 1. The van der Waals surface area contributed by atoms with Crippen molar-refractivity contribution in [1.29, 1.82) is 0 Å². The van der Waals surface area contributed by atoms with Crippen molar-refractivity contribution in [3.63, 3.8) is 0 Å². The smallest absolute Gasteiger partial charge is 0.192 e. The van der Waals surface area contributed by atoms with Crippen LogP contribution in [0.5, 0.6) is 0 Å². The summed E-state index contributed by atoms with van der Waals surface area (Å²) in [7, 11) is -1.88. The molecule has 2 aromatic heterocycles. The van der Waals surface area contributed by atoms with Gasteiger partial charge in [-0.15, -0.1) is 0 Å². The minimum Gasteiger partial charge on any atom is -0.412 e. The molecule has 1 aliphatic heterocycles. The zero-order chi connectivity index (χ0) is 22.9. The molecule has 0 spiro atoms. The van der Waals surface area contributed by atoms with Gasteiger partial charge in [0.15, 0.2) is 19.8 Å². The quantitative estimate of drug-likeness (QED) is 0.429. The largest absolute Gasteiger partial charge is 0.412 e. The van der Waals surface area contributed by atoms with E-state index in [0.717, 1.165) is 42.2 Å². The molecular weight excluding hydrogens is 486 g/mol. The van der Waals surface area contributed by atoms with Crippen LogP contribution < -0.4 is 10.2 Å². The van der Waals surface area contributed by atoms with E-state index in [4.69, 9.17) is 9.16 Å². The lowest BCUT2D eigenvalue weighted by Gasteiger charge is -2.37. The number of rotatable bonds is 6. The minimum atomic E-state index is -1.88. The van der Waals surface area contributed by atoms with Gasteiger partial charge in [-0.1, -0.05) is 20.8 Å². The highest BCUT2D eigenvalue weighted by molar-refractivity contribution is 9.10. The van der Waals surface area contributed by atoms with E-state index in [-0.39, 0.29) is 5.04 Å². The van der Waals surface area contributed by atoms with Gasteiger partial charge in [-0.25, -0.2) is 9.97 Å². The van der Waals surface area contributed by atoms with Gasteiger partial charge in [0.05, 0.1) is 26.0 Å². The highest BCUT2D eigenvalue weighted by Gasteiger charge is 2.37. The molecule has 0 unspecified atom stereocenters. The Balaban J connectivity index is 1.64. The van der Waals surface area contributed by atoms with E-state index in [2.05, 4.69) is 88.2 Å². The van der Waals surface area contributed by atoms with E-state index in [1.165, 1.54) is 11.3 Å². The van der Waals surface area contributed by atoms with Gasteiger partial charge in [-0.3, -0.25) is 4.40 Å². The number of anilines is 3. The lowest BCUT2D eigenvalue weighted by Crippen LogP contribution is -2.41. The average Bonchev–Trinajstić information content (AvgIpc) is 3.25. The van der Waals surface area contributed by atoms with Crippen molar-refractivity contribution in [3.05, 3.63) is 47.0 Å². The summed E-state index contributed by atoms with van der Waals surface area (Å²) in [6, 6.07) is 6.46. The molecule has 1 aliphatic rings. The molecule has 0 amide bonds. The van der Waals surface area contributed by atoms with Crippen LogP contribution in [-0.4, -0.2) is 49.0 Å². The Kier molecular flexibility index (Phi) is 6.62. The van der Waals surface area contributed by atoms with Crippen molar-refractivity contribution in [2.24, 2.45) is 0 Å². The van der Waals surface area contributed by atoms with Crippen LogP contribution in [0.1, 0.15) is 26.3 Å². The van der Waals surface area contributed by atoms with Crippen LogP contribution in [0, 0.1) is 0 Å². The van der Waals surface area contributed by atoms with Gasteiger partial charge < -0.3 is 19.4 Å². The molecular formula is C23H32BrN5O2Si. The number of aromatic nitrogens is 3. The molecule has 9 heteroatoms. The van der Waals surface area contributed by atoms with Gasteiger partial charge in [-0.05, 0) is 52.3 Å². The molecule has 32 heavy (non-hydrogen) atoms. The predicted octanol–water partition coefficient (Wildman–Crippen LogP) is 5.59. The molecule has 1 saturated heterocycles. The van der Waals surface area contributed by atoms with Gasteiger partial charge >= 0.3 is 0 Å². The summed E-state index contributed by atoms with van der Waals surface area (Å²) in [5, 5.41) is 3.62. The molecule has 0 atom stereocenters. The third-order valence-corrected chi connectivity index (χ3v) is 11.5. The number of ether oxygens (including phenoxy) is 1. The third kappa shape index (κ3) is 4.85. The molecule has 3 heterocycles. The van der Waals surface area contributed by atoms with Crippen LogP contribution in [0.3, 0.4) is 0 Å². The van der Waals surface area contributed by atoms with Gasteiger partial charge in [0.1, 0.15) is 4.60 Å². The van der Waals surface area contributed by atoms with Gasteiger partial charge in [0.25, 0.3) is 0 Å². The first-order chi connectivity index (χ1) is 15.2. The van der Waals surface area contributed by atoms with E-state index in [1.807, 2.05) is 10.6 Å². The Morgan fingerprint density at radius 3 is 2.66 bits per heavy atom. The lowest BCUT2D eigenvalue weighted by atomic mass is 10.1. The number of benzene rings is 1. The van der Waals surface area contributed by atoms with Crippen LogP contribution >= 0.6 is 15.9 Å². The van der Waals surface area contributed by atoms with Crippen molar-refractivity contribution in [1.82, 2.24) is 14.4 Å². The average molecular weight is 519 g/mol.